The van der Waals surface area contributed by atoms with E-state index in [4.69, 9.17) is 16.1 Å². The van der Waals surface area contributed by atoms with Gasteiger partial charge in [-0.2, -0.15) is 0 Å². The maximum absolute atomic E-state index is 12.3. The normalized spacial score (nSPS) is 14.4. The summed E-state index contributed by atoms with van der Waals surface area (Å²) in [5.41, 5.74) is 1.64. The van der Waals surface area contributed by atoms with Crippen molar-refractivity contribution in [2.45, 2.75) is 13.0 Å². The van der Waals surface area contributed by atoms with Gasteiger partial charge < -0.3 is 9.42 Å². The van der Waals surface area contributed by atoms with Crippen LogP contribution in [0.15, 0.2) is 35.0 Å². The topological polar surface area (TPSA) is 46.3 Å². The SMILES string of the molecule is O=C(c1ccc(Cl)cc1)N1CCc2oncc2C1. The van der Waals surface area contributed by atoms with Crippen molar-refractivity contribution in [3.8, 4) is 0 Å². The zero-order valence-corrected chi connectivity index (χ0v) is 10.4. The van der Waals surface area contributed by atoms with E-state index in [0.29, 0.717) is 30.1 Å². The summed E-state index contributed by atoms with van der Waals surface area (Å²) in [6, 6.07) is 6.94. The minimum atomic E-state index is 0.0125. The molecule has 0 spiro atoms. The summed E-state index contributed by atoms with van der Waals surface area (Å²) in [5, 5.41) is 4.38. The highest BCUT2D eigenvalue weighted by atomic mass is 35.5. The molecule has 2 heterocycles. The van der Waals surface area contributed by atoms with Crippen LogP contribution in [0.5, 0.6) is 0 Å². The van der Waals surface area contributed by atoms with Gasteiger partial charge >= 0.3 is 0 Å². The van der Waals surface area contributed by atoms with Crippen LogP contribution in [0.2, 0.25) is 5.02 Å². The first-order valence-electron chi connectivity index (χ1n) is 5.71. The van der Waals surface area contributed by atoms with E-state index >= 15 is 0 Å². The van der Waals surface area contributed by atoms with Crippen LogP contribution in [-0.4, -0.2) is 22.5 Å². The predicted octanol–water partition coefficient (Wildman–Crippen LogP) is 2.53. The van der Waals surface area contributed by atoms with Gasteiger partial charge in [0.1, 0.15) is 5.76 Å². The summed E-state index contributed by atoms with van der Waals surface area (Å²) in [4.78, 5) is 14.1. The molecule has 1 aromatic carbocycles. The minimum Gasteiger partial charge on any atom is -0.361 e. The molecular formula is C13H11ClN2O2. The van der Waals surface area contributed by atoms with Gasteiger partial charge in [-0.25, -0.2) is 0 Å². The molecule has 1 aliphatic heterocycles. The highest BCUT2D eigenvalue weighted by Crippen LogP contribution is 2.20. The van der Waals surface area contributed by atoms with E-state index in [0.717, 1.165) is 11.3 Å². The van der Waals surface area contributed by atoms with E-state index in [1.165, 1.54) is 0 Å². The summed E-state index contributed by atoms with van der Waals surface area (Å²) in [6.07, 6.45) is 2.39. The number of carbonyl (C=O) groups excluding carboxylic acids is 1. The van der Waals surface area contributed by atoms with Gasteiger partial charge in [0, 0.05) is 29.1 Å². The largest absolute Gasteiger partial charge is 0.361 e. The molecule has 0 atom stereocenters. The first kappa shape index (κ1) is 11.3. The molecule has 1 amide bonds. The molecule has 1 aliphatic rings. The van der Waals surface area contributed by atoms with Crippen molar-refractivity contribution in [1.29, 1.82) is 0 Å². The highest BCUT2D eigenvalue weighted by molar-refractivity contribution is 6.30. The Morgan fingerprint density at radius 1 is 1.33 bits per heavy atom. The highest BCUT2D eigenvalue weighted by Gasteiger charge is 2.24. The Bertz CT molecular complexity index is 577. The molecule has 0 unspecified atom stereocenters. The van der Waals surface area contributed by atoms with Crippen LogP contribution >= 0.6 is 11.6 Å². The van der Waals surface area contributed by atoms with Gasteiger partial charge in [-0.15, -0.1) is 0 Å². The average Bonchev–Trinajstić information content (AvgIpc) is 2.86. The average molecular weight is 263 g/mol. The number of fused-ring (bicyclic) bond motifs is 1. The van der Waals surface area contributed by atoms with Crippen molar-refractivity contribution in [1.82, 2.24) is 10.1 Å². The molecule has 0 fully saturated rings. The number of rotatable bonds is 1. The first-order valence-corrected chi connectivity index (χ1v) is 6.09. The first-order chi connectivity index (χ1) is 8.74. The van der Waals surface area contributed by atoms with Crippen LogP contribution in [0.1, 0.15) is 21.7 Å². The summed E-state index contributed by atoms with van der Waals surface area (Å²) in [7, 11) is 0. The minimum absolute atomic E-state index is 0.0125. The second kappa shape index (κ2) is 4.46. The van der Waals surface area contributed by atoms with Crippen molar-refractivity contribution in [2.75, 3.05) is 6.54 Å². The Hall–Kier alpha value is -1.81. The van der Waals surface area contributed by atoms with Crippen molar-refractivity contribution >= 4 is 17.5 Å². The fourth-order valence-electron chi connectivity index (χ4n) is 2.09. The Morgan fingerprint density at radius 3 is 2.89 bits per heavy atom. The van der Waals surface area contributed by atoms with E-state index in [1.807, 2.05) is 0 Å². The Morgan fingerprint density at radius 2 is 2.11 bits per heavy atom. The Balaban J connectivity index is 1.80. The van der Waals surface area contributed by atoms with Crippen molar-refractivity contribution in [3.63, 3.8) is 0 Å². The zero-order valence-electron chi connectivity index (χ0n) is 9.60. The van der Waals surface area contributed by atoms with Gasteiger partial charge in [0.2, 0.25) is 0 Å². The maximum atomic E-state index is 12.3. The molecule has 0 bridgehead atoms. The van der Waals surface area contributed by atoms with Crippen LogP contribution in [0.4, 0.5) is 0 Å². The van der Waals surface area contributed by atoms with Crippen LogP contribution in [0, 0.1) is 0 Å². The molecule has 92 valence electrons. The lowest BCUT2D eigenvalue weighted by atomic mass is 10.1. The molecule has 1 aromatic heterocycles. The molecule has 3 rings (SSSR count). The van der Waals surface area contributed by atoms with Gasteiger partial charge in [-0.1, -0.05) is 16.8 Å². The number of carbonyl (C=O) groups is 1. The van der Waals surface area contributed by atoms with Gasteiger partial charge in [-0.3, -0.25) is 4.79 Å². The number of amides is 1. The van der Waals surface area contributed by atoms with Crippen molar-refractivity contribution in [2.24, 2.45) is 0 Å². The molecule has 4 nitrogen and oxygen atoms in total. The fraction of sp³-hybridized carbons (Fsp3) is 0.231. The van der Waals surface area contributed by atoms with Gasteiger partial charge in [0.05, 0.1) is 12.7 Å². The Labute approximate surface area is 109 Å². The summed E-state index contributed by atoms with van der Waals surface area (Å²) in [5.74, 6) is 0.897. The van der Waals surface area contributed by atoms with Crippen molar-refractivity contribution < 1.29 is 9.32 Å². The van der Waals surface area contributed by atoms with Crippen LogP contribution in [0.3, 0.4) is 0 Å². The molecular weight excluding hydrogens is 252 g/mol. The smallest absolute Gasteiger partial charge is 0.254 e. The standard InChI is InChI=1S/C13H11ClN2O2/c14-11-3-1-9(2-4-11)13(17)16-6-5-12-10(8-16)7-15-18-12/h1-4,7H,5-6,8H2. The van der Waals surface area contributed by atoms with Crippen LogP contribution in [0.25, 0.3) is 0 Å². The van der Waals surface area contributed by atoms with E-state index in [2.05, 4.69) is 5.16 Å². The molecule has 0 N–H and O–H groups in total. The van der Waals surface area contributed by atoms with E-state index in [9.17, 15) is 4.79 Å². The molecule has 0 radical (unpaired) electrons. The fourth-order valence-corrected chi connectivity index (χ4v) is 2.21. The third-order valence-corrected chi connectivity index (χ3v) is 3.33. The molecule has 0 saturated carbocycles. The molecule has 0 saturated heterocycles. The van der Waals surface area contributed by atoms with Gasteiger partial charge in [0.25, 0.3) is 5.91 Å². The second-order valence-corrected chi connectivity index (χ2v) is 4.69. The van der Waals surface area contributed by atoms with Crippen LogP contribution in [-0.2, 0) is 13.0 Å². The number of hydrogen-bond donors (Lipinski definition) is 0. The van der Waals surface area contributed by atoms with Crippen LogP contribution < -0.4 is 0 Å². The van der Waals surface area contributed by atoms with Gasteiger partial charge in [0.15, 0.2) is 0 Å². The monoisotopic (exact) mass is 262 g/mol. The molecule has 0 aliphatic carbocycles. The summed E-state index contributed by atoms with van der Waals surface area (Å²) in [6.45, 7) is 1.21. The van der Waals surface area contributed by atoms with Gasteiger partial charge in [-0.05, 0) is 24.3 Å². The summed E-state index contributed by atoms with van der Waals surface area (Å²) >= 11 is 5.81. The number of aromatic nitrogens is 1. The number of benzene rings is 1. The third kappa shape index (κ3) is 1.99. The third-order valence-electron chi connectivity index (χ3n) is 3.08. The van der Waals surface area contributed by atoms with E-state index in [-0.39, 0.29) is 5.91 Å². The predicted molar refractivity (Wildman–Crippen MR) is 66.4 cm³/mol. The van der Waals surface area contributed by atoms with Crippen molar-refractivity contribution in [3.05, 3.63) is 52.4 Å². The second-order valence-electron chi connectivity index (χ2n) is 4.26. The summed E-state index contributed by atoms with van der Waals surface area (Å²) < 4.78 is 5.10. The number of halogens is 1. The van der Waals surface area contributed by atoms with E-state index < -0.39 is 0 Å². The maximum Gasteiger partial charge on any atom is 0.254 e. The quantitative estimate of drug-likeness (QED) is 0.793. The number of nitrogens with zero attached hydrogens (tertiary/aromatic N) is 2. The lowest BCUT2D eigenvalue weighted by Crippen LogP contribution is -2.35. The molecule has 2 aromatic rings. The lowest BCUT2D eigenvalue weighted by molar-refractivity contribution is 0.0729. The zero-order chi connectivity index (χ0) is 12.5. The molecule has 5 heteroatoms. The lowest BCUT2D eigenvalue weighted by Gasteiger charge is -2.25. The Kier molecular flexibility index (Phi) is 2.80. The van der Waals surface area contributed by atoms with E-state index in [1.54, 1.807) is 35.4 Å². The number of hydrogen-bond acceptors (Lipinski definition) is 3. The molecule has 18 heavy (non-hydrogen) atoms.